The Morgan fingerprint density at radius 1 is 1.50 bits per heavy atom. The van der Waals surface area contributed by atoms with Gasteiger partial charge in [0.1, 0.15) is 0 Å². The first-order chi connectivity index (χ1) is 7.86. The molecule has 0 aliphatic carbocycles. The highest BCUT2D eigenvalue weighted by Gasteiger charge is 2.05. The molecule has 0 radical (unpaired) electrons. The van der Waals surface area contributed by atoms with E-state index in [-0.39, 0.29) is 0 Å². The zero-order valence-electron chi connectivity index (χ0n) is 9.86. The van der Waals surface area contributed by atoms with E-state index in [0.29, 0.717) is 19.0 Å². The Labute approximate surface area is 100 Å². The molecule has 1 N–H and O–H groups in total. The largest absolute Gasteiger partial charge is 0.383 e. The molecule has 0 aromatic carbocycles. The molecule has 0 unspecified atom stereocenters. The van der Waals surface area contributed by atoms with Gasteiger partial charge < -0.3 is 14.6 Å². The average Bonchev–Trinajstić information content (AvgIpc) is 2.73. The molecule has 0 amide bonds. The summed E-state index contributed by atoms with van der Waals surface area (Å²) in [6.07, 6.45) is 1.17. The summed E-state index contributed by atoms with van der Waals surface area (Å²) in [5, 5.41) is 7.06. The molecular weight excluding hydrogens is 226 g/mol. The fourth-order valence-corrected chi connectivity index (χ4v) is 1.83. The van der Waals surface area contributed by atoms with Crippen LogP contribution >= 0.6 is 11.8 Å². The lowest BCUT2D eigenvalue weighted by atomic mass is 10.6. The molecule has 0 aliphatic heterocycles. The van der Waals surface area contributed by atoms with Crippen LogP contribution in [0.2, 0.25) is 0 Å². The van der Waals surface area contributed by atoms with Crippen molar-refractivity contribution in [3.05, 3.63) is 11.7 Å². The lowest BCUT2D eigenvalue weighted by Gasteiger charge is -1.98. The van der Waals surface area contributed by atoms with Crippen LogP contribution in [-0.4, -0.2) is 36.2 Å². The molecule has 6 heteroatoms. The molecular formula is C10H19N3O2S. The van der Waals surface area contributed by atoms with Crippen LogP contribution in [0.3, 0.4) is 0 Å². The zero-order chi connectivity index (χ0) is 11.6. The van der Waals surface area contributed by atoms with Crippen molar-refractivity contribution in [2.75, 3.05) is 26.0 Å². The summed E-state index contributed by atoms with van der Waals surface area (Å²) in [5.74, 6) is 3.39. The predicted molar refractivity (Wildman–Crippen MR) is 64.3 cm³/mol. The summed E-state index contributed by atoms with van der Waals surface area (Å²) in [5.41, 5.74) is 0. The van der Waals surface area contributed by atoms with Gasteiger partial charge in [-0.3, -0.25) is 0 Å². The molecule has 92 valence electrons. The van der Waals surface area contributed by atoms with E-state index in [0.717, 1.165) is 23.9 Å². The number of nitrogens with zero attached hydrogens (tertiary/aromatic N) is 2. The zero-order valence-corrected chi connectivity index (χ0v) is 10.7. The molecule has 0 saturated heterocycles. The summed E-state index contributed by atoms with van der Waals surface area (Å²) >= 11 is 1.83. The van der Waals surface area contributed by atoms with E-state index in [1.54, 1.807) is 7.11 Å². The van der Waals surface area contributed by atoms with E-state index in [9.17, 15) is 0 Å². The average molecular weight is 245 g/mol. The third-order valence-electron chi connectivity index (χ3n) is 1.85. The number of aromatic nitrogens is 2. The fraction of sp³-hybridized carbons (Fsp3) is 0.800. The van der Waals surface area contributed by atoms with Crippen molar-refractivity contribution >= 4 is 11.8 Å². The van der Waals surface area contributed by atoms with Gasteiger partial charge in [-0.15, -0.1) is 0 Å². The summed E-state index contributed by atoms with van der Waals surface area (Å²) in [6, 6.07) is 0. The Hall–Kier alpha value is -0.590. The molecule has 0 fully saturated rings. The topological polar surface area (TPSA) is 60.2 Å². The van der Waals surface area contributed by atoms with Crippen LogP contribution in [-0.2, 0) is 17.0 Å². The molecule has 5 nitrogen and oxygen atoms in total. The summed E-state index contributed by atoms with van der Waals surface area (Å²) in [7, 11) is 1.68. The van der Waals surface area contributed by atoms with Gasteiger partial charge in [-0.25, -0.2) is 0 Å². The van der Waals surface area contributed by atoms with Crippen LogP contribution in [0.5, 0.6) is 0 Å². The first-order valence-electron chi connectivity index (χ1n) is 5.45. The maximum absolute atomic E-state index is 5.10. The molecule has 1 heterocycles. The molecule has 0 bridgehead atoms. The number of rotatable bonds is 9. The number of thioether (sulfide) groups is 1. The van der Waals surface area contributed by atoms with Gasteiger partial charge in [-0.05, 0) is 12.2 Å². The smallest absolute Gasteiger partial charge is 0.240 e. The van der Waals surface area contributed by atoms with Crippen molar-refractivity contribution < 1.29 is 9.26 Å². The van der Waals surface area contributed by atoms with Crippen molar-refractivity contribution in [3.63, 3.8) is 0 Å². The molecule has 1 aromatic rings. The normalized spacial score (nSPS) is 10.9. The van der Waals surface area contributed by atoms with Crippen LogP contribution in [0.4, 0.5) is 0 Å². The van der Waals surface area contributed by atoms with Crippen LogP contribution in [0, 0.1) is 0 Å². The lowest BCUT2D eigenvalue weighted by molar-refractivity contribution is 0.197. The number of nitrogens with one attached hydrogen (secondary N) is 1. The number of hydrogen-bond acceptors (Lipinski definition) is 6. The number of ether oxygens (including phenoxy) is 1. The van der Waals surface area contributed by atoms with Gasteiger partial charge >= 0.3 is 0 Å². The molecule has 1 aromatic heterocycles. The van der Waals surface area contributed by atoms with E-state index in [1.807, 2.05) is 11.8 Å². The summed E-state index contributed by atoms with van der Waals surface area (Å²) in [4.78, 5) is 4.28. The summed E-state index contributed by atoms with van der Waals surface area (Å²) < 4.78 is 10.0. The lowest BCUT2D eigenvalue weighted by Crippen LogP contribution is -2.18. The first kappa shape index (κ1) is 13.5. The molecule has 0 atom stereocenters. The van der Waals surface area contributed by atoms with Crippen molar-refractivity contribution in [2.24, 2.45) is 0 Å². The van der Waals surface area contributed by atoms with Crippen molar-refractivity contribution in [3.8, 4) is 0 Å². The second-order valence-corrected chi connectivity index (χ2v) is 4.43. The van der Waals surface area contributed by atoms with Gasteiger partial charge in [-0.1, -0.05) is 12.1 Å². The monoisotopic (exact) mass is 245 g/mol. The molecule has 1 rings (SSSR count). The minimum atomic E-state index is 0.606. The highest BCUT2D eigenvalue weighted by Crippen LogP contribution is 2.09. The van der Waals surface area contributed by atoms with Crippen molar-refractivity contribution in [1.29, 1.82) is 0 Å². The third kappa shape index (κ3) is 5.48. The van der Waals surface area contributed by atoms with Crippen molar-refractivity contribution in [1.82, 2.24) is 15.5 Å². The third-order valence-corrected chi connectivity index (χ3v) is 3.01. The van der Waals surface area contributed by atoms with E-state index in [1.165, 1.54) is 6.42 Å². The van der Waals surface area contributed by atoms with Gasteiger partial charge in [0.25, 0.3) is 0 Å². The van der Waals surface area contributed by atoms with E-state index in [2.05, 4.69) is 22.4 Å². The molecule has 0 spiro atoms. The van der Waals surface area contributed by atoms with Crippen LogP contribution in [0.15, 0.2) is 4.52 Å². The fourth-order valence-electron chi connectivity index (χ4n) is 1.10. The highest BCUT2D eigenvalue weighted by molar-refractivity contribution is 7.98. The number of hydrogen-bond donors (Lipinski definition) is 1. The van der Waals surface area contributed by atoms with Gasteiger partial charge in [-0.2, -0.15) is 16.7 Å². The van der Waals surface area contributed by atoms with Crippen molar-refractivity contribution in [2.45, 2.75) is 25.6 Å². The van der Waals surface area contributed by atoms with E-state index in [4.69, 9.17) is 9.26 Å². The minimum Gasteiger partial charge on any atom is -0.383 e. The van der Waals surface area contributed by atoms with Gasteiger partial charge in [0.2, 0.25) is 5.89 Å². The van der Waals surface area contributed by atoms with Crippen LogP contribution in [0.25, 0.3) is 0 Å². The summed E-state index contributed by atoms with van der Waals surface area (Å²) in [6.45, 7) is 4.25. The van der Waals surface area contributed by atoms with Gasteiger partial charge in [0.15, 0.2) is 5.82 Å². The van der Waals surface area contributed by atoms with E-state index >= 15 is 0 Å². The predicted octanol–water partition coefficient (Wildman–Crippen LogP) is 1.45. The standard InChI is InChI=1S/C10H19N3O2S/c1-3-6-16-8-9-12-10(15-13-9)7-11-4-5-14-2/h11H,3-8H2,1-2H3. The Morgan fingerprint density at radius 3 is 3.12 bits per heavy atom. The van der Waals surface area contributed by atoms with E-state index < -0.39 is 0 Å². The highest BCUT2D eigenvalue weighted by atomic mass is 32.2. The molecule has 0 aliphatic rings. The minimum absolute atomic E-state index is 0.606. The second kappa shape index (κ2) is 8.55. The maximum Gasteiger partial charge on any atom is 0.240 e. The Kier molecular flexibility index (Phi) is 7.20. The Morgan fingerprint density at radius 2 is 2.38 bits per heavy atom. The molecule has 16 heavy (non-hydrogen) atoms. The quantitative estimate of drug-likeness (QED) is 0.664. The van der Waals surface area contributed by atoms with Gasteiger partial charge in [0, 0.05) is 13.7 Å². The first-order valence-corrected chi connectivity index (χ1v) is 6.61. The molecule has 0 saturated carbocycles. The van der Waals surface area contributed by atoms with Crippen LogP contribution < -0.4 is 5.32 Å². The number of methoxy groups -OCH3 is 1. The van der Waals surface area contributed by atoms with Gasteiger partial charge in [0.05, 0.1) is 18.9 Å². The Bertz CT molecular complexity index is 281. The maximum atomic E-state index is 5.10. The SMILES string of the molecule is CCCSCc1noc(CNCCOC)n1. The van der Waals surface area contributed by atoms with Crippen LogP contribution in [0.1, 0.15) is 25.1 Å². The Balaban J connectivity index is 2.17. The second-order valence-electron chi connectivity index (χ2n) is 3.33.